The Morgan fingerprint density at radius 2 is 0.828 bits per heavy atom. The number of hydrogen-bond donors (Lipinski definition) is 0. The third-order valence-corrected chi connectivity index (χ3v) is 9.68. The van der Waals surface area contributed by atoms with Crippen LogP contribution in [0.25, 0.3) is 0 Å². The first-order valence-corrected chi connectivity index (χ1v) is 14.1. The lowest BCUT2D eigenvalue weighted by Crippen LogP contribution is -2.35. The lowest BCUT2D eigenvalue weighted by Gasteiger charge is -2.43. The molecule has 0 radical (unpaired) electrons. The summed E-state index contributed by atoms with van der Waals surface area (Å²) < 4.78 is 0. The molecule has 3 aliphatic rings. The highest BCUT2D eigenvalue weighted by atomic mass is 14.4. The molecule has 3 fully saturated rings. The molecule has 0 aromatic heterocycles. The first-order valence-electron chi connectivity index (χ1n) is 14.1. The second kappa shape index (κ2) is 12.8. The van der Waals surface area contributed by atoms with Crippen molar-refractivity contribution in [2.24, 2.45) is 41.4 Å². The van der Waals surface area contributed by atoms with E-state index in [-0.39, 0.29) is 0 Å². The summed E-state index contributed by atoms with van der Waals surface area (Å²) in [7, 11) is 0. The molecule has 3 aliphatic carbocycles. The summed E-state index contributed by atoms with van der Waals surface area (Å²) in [4.78, 5) is 0. The predicted octanol–water partition coefficient (Wildman–Crippen LogP) is 9.81. The van der Waals surface area contributed by atoms with Gasteiger partial charge in [0.1, 0.15) is 0 Å². The highest BCUT2D eigenvalue weighted by molar-refractivity contribution is 4.87. The molecule has 0 aromatic rings. The van der Waals surface area contributed by atoms with Crippen LogP contribution < -0.4 is 0 Å². The summed E-state index contributed by atoms with van der Waals surface area (Å²) in [5.41, 5.74) is 0. The summed E-state index contributed by atoms with van der Waals surface area (Å²) >= 11 is 0. The molecule has 0 saturated heterocycles. The highest BCUT2D eigenvalue weighted by Crippen LogP contribution is 2.46. The van der Waals surface area contributed by atoms with Gasteiger partial charge in [-0.2, -0.15) is 0 Å². The highest BCUT2D eigenvalue weighted by Gasteiger charge is 2.37. The summed E-state index contributed by atoms with van der Waals surface area (Å²) in [5.74, 6) is 7.11. The molecule has 0 N–H and O–H groups in total. The zero-order valence-electron chi connectivity index (χ0n) is 20.5. The zero-order chi connectivity index (χ0) is 20.5. The van der Waals surface area contributed by atoms with Gasteiger partial charge in [-0.25, -0.2) is 0 Å². The lowest BCUT2D eigenvalue weighted by molar-refractivity contribution is 0.0621. The van der Waals surface area contributed by atoms with Crippen molar-refractivity contribution in [3.05, 3.63) is 0 Å². The van der Waals surface area contributed by atoms with E-state index in [1.165, 1.54) is 83.5 Å². The van der Waals surface area contributed by atoms with Crippen LogP contribution in [0.2, 0.25) is 0 Å². The lowest BCUT2D eigenvalue weighted by atomic mass is 9.62. The van der Waals surface area contributed by atoms with E-state index in [0.29, 0.717) is 0 Å². The van der Waals surface area contributed by atoms with Crippen LogP contribution in [0.15, 0.2) is 0 Å². The van der Waals surface area contributed by atoms with Crippen LogP contribution >= 0.6 is 0 Å². The summed E-state index contributed by atoms with van der Waals surface area (Å²) in [5, 5.41) is 0. The molecule has 0 amide bonds. The van der Waals surface area contributed by atoms with Crippen molar-refractivity contribution in [2.45, 2.75) is 143 Å². The fourth-order valence-corrected chi connectivity index (χ4v) is 7.77. The van der Waals surface area contributed by atoms with Crippen LogP contribution in [0.1, 0.15) is 143 Å². The molecule has 0 heteroatoms. The maximum Gasteiger partial charge on any atom is -0.0329 e. The van der Waals surface area contributed by atoms with Crippen LogP contribution in [0.5, 0.6) is 0 Å². The van der Waals surface area contributed by atoms with Gasteiger partial charge in [-0.3, -0.25) is 0 Å². The molecule has 0 heterocycles. The van der Waals surface area contributed by atoms with E-state index in [4.69, 9.17) is 0 Å². The van der Waals surface area contributed by atoms with Gasteiger partial charge in [0, 0.05) is 0 Å². The zero-order valence-corrected chi connectivity index (χ0v) is 20.5. The molecule has 0 aromatic carbocycles. The van der Waals surface area contributed by atoms with E-state index >= 15 is 0 Å². The Kier molecular flexibility index (Phi) is 10.4. The van der Waals surface area contributed by atoms with Crippen molar-refractivity contribution >= 4 is 0 Å². The van der Waals surface area contributed by atoms with Crippen LogP contribution in [0.4, 0.5) is 0 Å². The van der Waals surface area contributed by atoms with Crippen molar-refractivity contribution in [2.75, 3.05) is 0 Å². The number of rotatable bonds is 4. The summed E-state index contributed by atoms with van der Waals surface area (Å²) in [6.45, 7) is 7.78. The first-order chi connectivity index (χ1) is 14.1. The Bertz CT molecular complexity index is 408. The average molecular weight is 403 g/mol. The average Bonchev–Trinajstić information content (AvgIpc) is 2.64. The largest absolute Gasteiger partial charge is 0.0625 e. The SMILES string of the molecule is CC1CCCC(C(C2CCCCC(C)CC2)C(C)C2CCCCCCC2)CCC1. The van der Waals surface area contributed by atoms with Gasteiger partial charge in [0.2, 0.25) is 0 Å². The van der Waals surface area contributed by atoms with E-state index in [9.17, 15) is 0 Å². The fourth-order valence-electron chi connectivity index (χ4n) is 7.77. The standard InChI is InChI=1S/C29H54/c1-23-14-11-19-27(20-12-15-23)29(28-18-10-9-13-24(2)21-22-28)25(3)26-16-7-5-4-6-8-17-26/h23-29H,4-22H2,1-3H3. The molecule has 3 saturated carbocycles. The van der Waals surface area contributed by atoms with Gasteiger partial charge in [-0.05, 0) is 47.8 Å². The monoisotopic (exact) mass is 402 g/mol. The van der Waals surface area contributed by atoms with Crippen LogP contribution in [0, 0.1) is 41.4 Å². The number of hydrogen-bond acceptors (Lipinski definition) is 0. The van der Waals surface area contributed by atoms with E-state index in [1.54, 1.807) is 38.5 Å². The first kappa shape index (κ1) is 23.7. The maximum atomic E-state index is 2.74. The second-order valence-electron chi connectivity index (χ2n) is 12.0. The molecule has 4 atom stereocenters. The topological polar surface area (TPSA) is 0 Å². The molecule has 0 nitrogen and oxygen atoms in total. The van der Waals surface area contributed by atoms with Gasteiger partial charge < -0.3 is 0 Å². The van der Waals surface area contributed by atoms with Gasteiger partial charge in [-0.15, -0.1) is 0 Å². The van der Waals surface area contributed by atoms with Crippen molar-refractivity contribution in [3.63, 3.8) is 0 Å². The van der Waals surface area contributed by atoms with Gasteiger partial charge in [-0.1, -0.05) is 136 Å². The summed E-state index contributed by atoms with van der Waals surface area (Å²) in [6, 6.07) is 0. The fraction of sp³-hybridized carbons (Fsp3) is 1.00. The molecule has 0 bridgehead atoms. The van der Waals surface area contributed by atoms with Crippen molar-refractivity contribution < 1.29 is 0 Å². The van der Waals surface area contributed by atoms with Gasteiger partial charge in [0.05, 0.1) is 0 Å². The van der Waals surface area contributed by atoms with E-state index < -0.39 is 0 Å². The van der Waals surface area contributed by atoms with Gasteiger partial charge in [0.15, 0.2) is 0 Å². The third-order valence-electron chi connectivity index (χ3n) is 9.68. The molecular weight excluding hydrogens is 348 g/mol. The van der Waals surface area contributed by atoms with Crippen molar-refractivity contribution in [1.82, 2.24) is 0 Å². The Balaban J connectivity index is 1.75. The summed E-state index contributed by atoms with van der Waals surface area (Å²) in [6.07, 6.45) is 28.9. The Morgan fingerprint density at radius 3 is 1.52 bits per heavy atom. The van der Waals surface area contributed by atoms with Crippen molar-refractivity contribution in [1.29, 1.82) is 0 Å². The molecule has 4 unspecified atom stereocenters. The minimum Gasteiger partial charge on any atom is -0.0625 e. The van der Waals surface area contributed by atoms with Crippen molar-refractivity contribution in [3.8, 4) is 0 Å². The minimum absolute atomic E-state index is 0.980. The van der Waals surface area contributed by atoms with Gasteiger partial charge in [0.25, 0.3) is 0 Å². The molecular formula is C29H54. The second-order valence-corrected chi connectivity index (χ2v) is 12.0. The minimum atomic E-state index is 0.980. The maximum absolute atomic E-state index is 2.74. The van der Waals surface area contributed by atoms with Crippen LogP contribution in [-0.2, 0) is 0 Å². The smallest absolute Gasteiger partial charge is 0.0329 e. The van der Waals surface area contributed by atoms with E-state index in [0.717, 1.165) is 41.4 Å². The predicted molar refractivity (Wildman–Crippen MR) is 129 cm³/mol. The molecule has 3 rings (SSSR count). The quantitative estimate of drug-likeness (QED) is 0.439. The Morgan fingerprint density at radius 1 is 0.414 bits per heavy atom. The third kappa shape index (κ3) is 7.57. The molecule has 0 spiro atoms. The van der Waals surface area contributed by atoms with E-state index in [1.807, 2.05) is 0 Å². The Labute approximate surface area is 184 Å². The molecule has 170 valence electrons. The Hall–Kier alpha value is 0. The van der Waals surface area contributed by atoms with Crippen LogP contribution in [0.3, 0.4) is 0 Å². The normalized spacial score (nSPS) is 36.5. The molecule has 29 heavy (non-hydrogen) atoms. The molecule has 0 aliphatic heterocycles. The van der Waals surface area contributed by atoms with Gasteiger partial charge >= 0.3 is 0 Å². The van der Waals surface area contributed by atoms with E-state index in [2.05, 4.69) is 20.8 Å². The van der Waals surface area contributed by atoms with Crippen LogP contribution in [-0.4, -0.2) is 0 Å².